The van der Waals surface area contributed by atoms with E-state index in [1.165, 1.54) is 0 Å². The minimum Gasteiger partial charge on any atom is -0.325 e. The van der Waals surface area contributed by atoms with Crippen molar-refractivity contribution in [3.05, 3.63) is 95.4 Å². The number of rotatable bonds is 5. The third-order valence-electron chi connectivity index (χ3n) is 5.17. The van der Waals surface area contributed by atoms with Gasteiger partial charge < -0.3 is 5.32 Å². The van der Waals surface area contributed by atoms with Crippen LogP contribution in [0, 0.1) is 0 Å². The van der Waals surface area contributed by atoms with Gasteiger partial charge in [-0.1, -0.05) is 54.6 Å². The summed E-state index contributed by atoms with van der Waals surface area (Å²) in [5, 5.41) is 5.69. The third kappa shape index (κ3) is 3.70. The summed E-state index contributed by atoms with van der Waals surface area (Å²) in [4.78, 5) is 43.0. The Morgan fingerprint density at radius 1 is 0.812 bits per heavy atom. The molecule has 7 heteroatoms. The second-order valence-corrected chi connectivity index (χ2v) is 8.13. The molecule has 0 aliphatic carbocycles. The smallest absolute Gasteiger partial charge is 0.262 e. The lowest BCUT2D eigenvalue weighted by atomic mass is 10.1. The molecule has 1 N–H and O–H groups in total. The Morgan fingerprint density at radius 3 is 2.09 bits per heavy atom. The first-order valence-corrected chi connectivity index (χ1v) is 10.8. The quantitative estimate of drug-likeness (QED) is 0.457. The van der Waals surface area contributed by atoms with Gasteiger partial charge in [0, 0.05) is 22.2 Å². The van der Waals surface area contributed by atoms with Crippen molar-refractivity contribution in [3.63, 3.8) is 0 Å². The standard InChI is InChI=1S/C25H17N3O3S/c29-22(14-28-24(30)19-8-4-5-9-20(19)25(28)31)26-18-12-10-16(11-13-18)21-15-32-23(27-21)17-6-2-1-3-7-17/h1-13,15H,14H2,(H,26,29). The van der Waals surface area contributed by atoms with E-state index in [0.29, 0.717) is 16.8 Å². The molecule has 0 spiro atoms. The van der Waals surface area contributed by atoms with Crippen molar-refractivity contribution in [2.24, 2.45) is 0 Å². The van der Waals surface area contributed by atoms with Crippen molar-refractivity contribution in [3.8, 4) is 21.8 Å². The zero-order valence-electron chi connectivity index (χ0n) is 16.8. The molecule has 0 atom stereocenters. The van der Waals surface area contributed by atoms with Crippen LogP contribution in [-0.2, 0) is 4.79 Å². The van der Waals surface area contributed by atoms with Crippen molar-refractivity contribution in [2.45, 2.75) is 0 Å². The minimum atomic E-state index is -0.450. The Morgan fingerprint density at radius 2 is 1.44 bits per heavy atom. The fourth-order valence-electron chi connectivity index (χ4n) is 3.57. The number of hydrogen-bond donors (Lipinski definition) is 1. The van der Waals surface area contributed by atoms with Crippen LogP contribution in [0.25, 0.3) is 21.8 Å². The van der Waals surface area contributed by atoms with Gasteiger partial charge in [-0.15, -0.1) is 11.3 Å². The SMILES string of the molecule is O=C(CN1C(=O)c2ccccc2C1=O)Nc1ccc(-c2csc(-c3ccccc3)n2)cc1. The second kappa shape index (κ2) is 8.20. The van der Waals surface area contributed by atoms with Crippen molar-refractivity contribution < 1.29 is 14.4 Å². The molecule has 4 aromatic rings. The molecule has 3 amide bonds. The van der Waals surface area contributed by atoms with Crippen LogP contribution in [0.3, 0.4) is 0 Å². The van der Waals surface area contributed by atoms with Gasteiger partial charge >= 0.3 is 0 Å². The van der Waals surface area contributed by atoms with E-state index >= 15 is 0 Å². The zero-order chi connectivity index (χ0) is 22.1. The van der Waals surface area contributed by atoms with Crippen LogP contribution < -0.4 is 5.32 Å². The number of carbonyl (C=O) groups excluding carboxylic acids is 3. The van der Waals surface area contributed by atoms with Gasteiger partial charge in [-0.05, 0) is 24.3 Å². The van der Waals surface area contributed by atoms with Crippen LogP contribution in [0.4, 0.5) is 5.69 Å². The number of hydrogen-bond acceptors (Lipinski definition) is 5. The third-order valence-corrected chi connectivity index (χ3v) is 6.06. The molecule has 0 saturated carbocycles. The Hall–Kier alpha value is -4.10. The summed E-state index contributed by atoms with van der Waals surface area (Å²) in [6.45, 7) is -0.333. The number of amides is 3. The van der Waals surface area contributed by atoms with Crippen LogP contribution in [0.2, 0.25) is 0 Å². The minimum absolute atomic E-state index is 0.327. The lowest BCUT2D eigenvalue weighted by Crippen LogP contribution is -2.37. The summed E-state index contributed by atoms with van der Waals surface area (Å²) in [7, 11) is 0. The molecular weight excluding hydrogens is 422 g/mol. The lowest BCUT2D eigenvalue weighted by Gasteiger charge is -2.13. The normalized spacial score (nSPS) is 12.7. The Kier molecular flexibility index (Phi) is 5.09. The Bertz CT molecular complexity index is 1300. The first kappa shape index (κ1) is 19.8. The predicted molar refractivity (Wildman–Crippen MR) is 123 cm³/mol. The molecule has 0 bridgehead atoms. The van der Waals surface area contributed by atoms with Gasteiger partial charge in [-0.2, -0.15) is 0 Å². The van der Waals surface area contributed by atoms with Gasteiger partial charge in [0.2, 0.25) is 5.91 Å². The van der Waals surface area contributed by atoms with Crippen LogP contribution in [0.5, 0.6) is 0 Å². The van der Waals surface area contributed by atoms with Crippen molar-refractivity contribution >= 4 is 34.7 Å². The molecule has 3 aromatic carbocycles. The summed E-state index contributed by atoms with van der Waals surface area (Å²) in [6.07, 6.45) is 0. The van der Waals surface area contributed by atoms with E-state index in [1.54, 1.807) is 47.7 Å². The number of thiazole rings is 1. The molecule has 5 rings (SSSR count). The maximum atomic E-state index is 12.5. The van der Waals surface area contributed by atoms with E-state index < -0.39 is 17.7 Å². The molecule has 6 nitrogen and oxygen atoms in total. The van der Waals surface area contributed by atoms with Gasteiger partial charge in [0.1, 0.15) is 11.6 Å². The second-order valence-electron chi connectivity index (χ2n) is 7.27. The molecule has 0 radical (unpaired) electrons. The molecule has 0 unspecified atom stereocenters. The predicted octanol–water partition coefficient (Wildman–Crippen LogP) is 4.71. The summed E-state index contributed by atoms with van der Waals surface area (Å²) in [5.74, 6) is -1.34. The first-order chi connectivity index (χ1) is 15.6. The Balaban J connectivity index is 1.25. The number of nitrogens with zero attached hydrogens (tertiary/aromatic N) is 2. The van der Waals surface area contributed by atoms with E-state index in [1.807, 2.05) is 47.8 Å². The highest BCUT2D eigenvalue weighted by molar-refractivity contribution is 7.13. The van der Waals surface area contributed by atoms with Gasteiger partial charge in [0.15, 0.2) is 0 Å². The summed E-state index contributed by atoms with van der Waals surface area (Å²) >= 11 is 1.58. The topological polar surface area (TPSA) is 79.4 Å². The molecule has 0 fully saturated rings. The molecule has 0 saturated heterocycles. The number of nitrogens with one attached hydrogen (secondary N) is 1. The van der Waals surface area contributed by atoms with Crippen molar-refractivity contribution in [1.82, 2.24) is 9.88 Å². The van der Waals surface area contributed by atoms with E-state index in [4.69, 9.17) is 4.98 Å². The maximum Gasteiger partial charge on any atom is 0.262 e. The first-order valence-electron chi connectivity index (χ1n) is 9.96. The number of carbonyl (C=O) groups is 3. The van der Waals surface area contributed by atoms with Crippen LogP contribution in [0.15, 0.2) is 84.2 Å². The molecule has 32 heavy (non-hydrogen) atoms. The van der Waals surface area contributed by atoms with Gasteiger partial charge in [0.05, 0.1) is 16.8 Å². The van der Waals surface area contributed by atoms with Crippen LogP contribution >= 0.6 is 11.3 Å². The molecular formula is C25H17N3O3S. The van der Waals surface area contributed by atoms with E-state index in [9.17, 15) is 14.4 Å². The molecule has 2 heterocycles. The van der Waals surface area contributed by atoms with Gasteiger partial charge in [-0.3, -0.25) is 19.3 Å². The number of benzene rings is 3. The average Bonchev–Trinajstić information content (AvgIpc) is 3.41. The van der Waals surface area contributed by atoms with Gasteiger partial charge in [0.25, 0.3) is 11.8 Å². The number of aromatic nitrogens is 1. The fraction of sp³-hybridized carbons (Fsp3) is 0.0400. The van der Waals surface area contributed by atoms with Crippen molar-refractivity contribution in [1.29, 1.82) is 0 Å². The molecule has 1 aliphatic rings. The number of fused-ring (bicyclic) bond motifs is 1. The molecule has 1 aliphatic heterocycles. The lowest BCUT2D eigenvalue weighted by molar-refractivity contribution is -0.116. The number of anilines is 1. The highest BCUT2D eigenvalue weighted by Crippen LogP contribution is 2.29. The highest BCUT2D eigenvalue weighted by atomic mass is 32.1. The summed E-state index contributed by atoms with van der Waals surface area (Å²) < 4.78 is 0. The summed E-state index contributed by atoms with van der Waals surface area (Å²) in [6, 6.07) is 23.9. The Labute approximate surface area is 188 Å². The van der Waals surface area contributed by atoms with Gasteiger partial charge in [-0.25, -0.2) is 4.98 Å². The summed E-state index contributed by atoms with van der Waals surface area (Å²) in [5.41, 5.74) is 4.09. The van der Waals surface area contributed by atoms with Crippen LogP contribution in [-0.4, -0.2) is 34.2 Å². The van der Waals surface area contributed by atoms with Crippen molar-refractivity contribution in [2.75, 3.05) is 11.9 Å². The highest BCUT2D eigenvalue weighted by Gasteiger charge is 2.36. The van der Waals surface area contributed by atoms with E-state index in [0.717, 1.165) is 26.7 Å². The number of imide groups is 1. The van der Waals surface area contributed by atoms with E-state index in [2.05, 4.69) is 5.32 Å². The average molecular weight is 439 g/mol. The molecule has 1 aromatic heterocycles. The zero-order valence-corrected chi connectivity index (χ0v) is 17.6. The fourth-order valence-corrected chi connectivity index (χ4v) is 4.41. The largest absolute Gasteiger partial charge is 0.325 e. The van der Waals surface area contributed by atoms with E-state index in [-0.39, 0.29) is 6.54 Å². The maximum absolute atomic E-state index is 12.5. The monoisotopic (exact) mass is 439 g/mol. The van der Waals surface area contributed by atoms with Crippen LogP contribution in [0.1, 0.15) is 20.7 Å². The molecule has 156 valence electrons.